The van der Waals surface area contributed by atoms with Gasteiger partial charge < -0.3 is 9.47 Å². The molecule has 6 nitrogen and oxygen atoms in total. The number of rotatable bonds is 7. The summed E-state index contributed by atoms with van der Waals surface area (Å²) >= 11 is 6.20. The molecule has 2 unspecified atom stereocenters. The van der Waals surface area contributed by atoms with E-state index < -0.39 is 6.04 Å². The first-order chi connectivity index (χ1) is 15.9. The molecule has 1 aromatic heterocycles. The molecule has 2 heterocycles. The quantitative estimate of drug-likeness (QED) is 0.434. The molecule has 0 aliphatic carbocycles. The zero-order chi connectivity index (χ0) is 23.5. The van der Waals surface area contributed by atoms with Crippen molar-refractivity contribution in [3.8, 4) is 0 Å². The number of pyridine rings is 1. The average Bonchev–Trinajstić information content (AvgIpc) is 3.23. The number of aromatic nitrogens is 1. The van der Waals surface area contributed by atoms with E-state index >= 15 is 0 Å². The molecule has 2 aromatic carbocycles. The lowest BCUT2D eigenvalue weighted by molar-refractivity contribution is -0.117. The van der Waals surface area contributed by atoms with Gasteiger partial charge >= 0.3 is 0 Å². The number of aryl methyl sites for hydroxylation is 2. The molecule has 4 rings (SSSR count). The van der Waals surface area contributed by atoms with E-state index in [9.17, 15) is 14.5 Å². The first-order valence-corrected chi connectivity index (χ1v) is 11.4. The van der Waals surface area contributed by atoms with Gasteiger partial charge in [0.25, 0.3) is 0 Å². The zero-order valence-corrected chi connectivity index (χ0v) is 19.5. The van der Waals surface area contributed by atoms with E-state index in [0.717, 1.165) is 35.3 Å². The van der Waals surface area contributed by atoms with Crippen LogP contribution in [0.1, 0.15) is 53.5 Å². The molecule has 2 atom stereocenters. The molecular weight excluding hydrogens is 438 g/mol. The highest BCUT2D eigenvalue weighted by Crippen LogP contribution is 2.38. The normalized spacial score (nSPS) is 15.5. The van der Waals surface area contributed by atoms with Crippen LogP contribution in [0, 0.1) is 11.8 Å². The van der Waals surface area contributed by atoms with Gasteiger partial charge in [0.1, 0.15) is 6.04 Å². The third kappa shape index (κ3) is 4.91. The Labute approximate surface area is 197 Å². The number of carbonyl (C=O) groups excluding carboxylic acids is 1. The summed E-state index contributed by atoms with van der Waals surface area (Å²) in [5.74, 6) is 0.0262. The summed E-state index contributed by atoms with van der Waals surface area (Å²) in [6.07, 6.45) is 3.56. The van der Waals surface area contributed by atoms with Crippen LogP contribution in [0.15, 0.2) is 70.8 Å². The van der Waals surface area contributed by atoms with Gasteiger partial charge in [0, 0.05) is 48.9 Å². The molecule has 33 heavy (non-hydrogen) atoms. The van der Waals surface area contributed by atoms with E-state index in [1.165, 1.54) is 10.6 Å². The number of amides is 1. The highest BCUT2D eigenvalue weighted by Gasteiger charge is 2.25. The van der Waals surface area contributed by atoms with Crippen LogP contribution in [0.2, 0.25) is 5.02 Å². The topological polar surface area (TPSA) is 71.7 Å². The zero-order valence-electron chi connectivity index (χ0n) is 18.7. The highest BCUT2D eigenvalue weighted by atomic mass is 35.5. The van der Waals surface area contributed by atoms with Crippen molar-refractivity contribution in [3.63, 3.8) is 0 Å². The lowest BCUT2D eigenvalue weighted by Crippen LogP contribution is -2.23. The minimum atomic E-state index is -0.628. The minimum absolute atomic E-state index is 0.120. The molecule has 0 spiro atoms. The highest BCUT2D eigenvalue weighted by molar-refractivity contribution is 6.30. The number of anilines is 1. The van der Waals surface area contributed by atoms with Crippen LogP contribution in [0.5, 0.6) is 0 Å². The predicted octanol–water partition coefficient (Wildman–Crippen LogP) is 5.50. The van der Waals surface area contributed by atoms with Gasteiger partial charge in [-0.25, -0.2) is 0 Å². The van der Waals surface area contributed by atoms with Crippen LogP contribution < -0.4 is 10.5 Å². The molecule has 170 valence electrons. The van der Waals surface area contributed by atoms with Gasteiger partial charge in [-0.1, -0.05) is 35.0 Å². The van der Waals surface area contributed by atoms with Gasteiger partial charge in [-0.2, -0.15) is 4.91 Å². The standard InChI is InChI=1S/C26H26ClN3O3/c1-17-14-20(27)8-11-22(17)23(15-24(28-33)19-7-12-25(31)29(2)16-19)18-5-9-21(10-6-18)30-13-3-4-26(30)32/h5-12,14,16,23-24H,3-4,13,15H2,1-2H3. The van der Waals surface area contributed by atoms with Crippen LogP contribution in [0.3, 0.4) is 0 Å². The maximum Gasteiger partial charge on any atom is 0.250 e. The minimum Gasteiger partial charge on any atom is -0.318 e. The monoisotopic (exact) mass is 463 g/mol. The summed E-state index contributed by atoms with van der Waals surface area (Å²) in [6.45, 7) is 2.74. The Morgan fingerprint density at radius 3 is 2.36 bits per heavy atom. The summed E-state index contributed by atoms with van der Waals surface area (Å²) in [4.78, 5) is 37.6. The number of nitroso groups, excluding NO2 is 1. The predicted molar refractivity (Wildman–Crippen MR) is 131 cm³/mol. The third-order valence-corrected chi connectivity index (χ3v) is 6.60. The SMILES string of the molecule is Cc1cc(Cl)ccc1C(CC(N=O)c1ccc(=O)n(C)c1)c1ccc(N2CCCC2=O)cc1. The molecule has 1 amide bonds. The van der Waals surface area contributed by atoms with Crippen molar-refractivity contribution >= 4 is 23.2 Å². The number of halogens is 1. The molecule has 1 aliphatic heterocycles. The number of hydrogen-bond acceptors (Lipinski definition) is 4. The Morgan fingerprint density at radius 1 is 1.03 bits per heavy atom. The van der Waals surface area contributed by atoms with Crippen molar-refractivity contribution in [1.29, 1.82) is 0 Å². The Balaban J connectivity index is 1.71. The van der Waals surface area contributed by atoms with Crippen molar-refractivity contribution in [3.05, 3.63) is 103 Å². The first-order valence-electron chi connectivity index (χ1n) is 11.0. The van der Waals surface area contributed by atoms with Gasteiger partial charge in [-0.3, -0.25) is 9.59 Å². The number of benzene rings is 2. The molecule has 3 aromatic rings. The van der Waals surface area contributed by atoms with Crippen LogP contribution >= 0.6 is 11.6 Å². The van der Waals surface area contributed by atoms with E-state index in [1.807, 2.05) is 54.3 Å². The number of nitrogens with zero attached hydrogens (tertiary/aromatic N) is 3. The second-order valence-electron chi connectivity index (χ2n) is 8.56. The fourth-order valence-electron chi connectivity index (χ4n) is 4.56. The maximum absolute atomic E-state index is 12.1. The van der Waals surface area contributed by atoms with Gasteiger partial charge in [-0.05, 0) is 72.4 Å². The van der Waals surface area contributed by atoms with E-state index in [1.54, 1.807) is 19.3 Å². The van der Waals surface area contributed by atoms with Crippen molar-refractivity contribution in [2.24, 2.45) is 12.2 Å². The van der Waals surface area contributed by atoms with Gasteiger partial charge in [0.2, 0.25) is 11.5 Å². The molecule has 0 radical (unpaired) electrons. The van der Waals surface area contributed by atoms with Crippen molar-refractivity contribution < 1.29 is 4.79 Å². The van der Waals surface area contributed by atoms with Gasteiger partial charge in [0.15, 0.2) is 0 Å². The van der Waals surface area contributed by atoms with E-state index in [0.29, 0.717) is 23.4 Å². The first kappa shape index (κ1) is 22.9. The summed E-state index contributed by atoms with van der Waals surface area (Å²) < 4.78 is 1.46. The summed E-state index contributed by atoms with van der Waals surface area (Å²) in [5.41, 5.74) is 4.55. The maximum atomic E-state index is 12.1. The molecule has 1 aliphatic rings. The molecule has 1 fully saturated rings. The number of hydrogen-bond donors (Lipinski definition) is 0. The van der Waals surface area contributed by atoms with Gasteiger partial charge in [0.05, 0.1) is 0 Å². The van der Waals surface area contributed by atoms with Crippen molar-refractivity contribution in [2.75, 3.05) is 11.4 Å². The summed E-state index contributed by atoms with van der Waals surface area (Å²) in [7, 11) is 1.66. The third-order valence-electron chi connectivity index (χ3n) is 6.37. The fourth-order valence-corrected chi connectivity index (χ4v) is 4.78. The molecule has 0 N–H and O–H groups in total. The van der Waals surface area contributed by atoms with Gasteiger partial charge in [-0.15, -0.1) is 0 Å². The van der Waals surface area contributed by atoms with Crippen molar-refractivity contribution in [2.45, 2.75) is 38.1 Å². The fraction of sp³-hybridized carbons (Fsp3) is 0.308. The van der Waals surface area contributed by atoms with Crippen molar-refractivity contribution in [1.82, 2.24) is 4.57 Å². The lowest BCUT2D eigenvalue weighted by atomic mass is 9.82. The average molecular weight is 464 g/mol. The van der Waals surface area contributed by atoms with Crippen LogP contribution in [-0.4, -0.2) is 17.0 Å². The van der Waals surface area contributed by atoms with Crippen LogP contribution in [0.4, 0.5) is 5.69 Å². The van der Waals surface area contributed by atoms with E-state index in [-0.39, 0.29) is 17.4 Å². The van der Waals surface area contributed by atoms with E-state index in [4.69, 9.17) is 11.6 Å². The Kier molecular flexibility index (Phi) is 6.75. The number of carbonyl (C=O) groups is 1. The molecule has 7 heteroatoms. The molecular formula is C26H26ClN3O3. The summed E-state index contributed by atoms with van der Waals surface area (Å²) in [6, 6.07) is 16.2. The Morgan fingerprint density at radius 2 is 1.76 bits per heavy atom. The van der Waals surface area contributed by atoms with Crippen LogP contribution in [-0.2, 0) is 11.8 Å². The second-order valence-corrected chi connectivity index (χ2v) is 9.00. The van der Waals surface area contributed by atoms with Crippen LogP contribution in [0.25, 0.3) is 0 Å². The molecule has 0 bridgehead atoms. The smallest absolute Gasteiger partial charge is 0.250 e. The Hall–Kier alpha value is -3.25. The summed E-state index contributed by atoms with van der Waals surface area (Å²) in [5, 5.41) is 4.07. The lowest BCUT2D eigenvalue weighted by Gasteiger charge is -2.24. The van der Waals surface area contributed by atoms with E-state index in [2.05, 4.69) is 5.18 Å². The second kappa shape index (κ2) is 9.71. The molecule has 0 saturated carbocycles. The Bertz CT molecular complexity index is 1240. The largest absolute Gasteiger partial charge is 0.318 e. The molecule has 1 saturated heterocycles.